The van der Waals surface area contributed by atoms with Crippen LogP contribution >= 0.6 is 20.5 Å². The van der Waals surface area contributed by atoms with Crippen molar-refractivity contribution in [2.75, 3.05) is 0 Å². The highest BCUT2D eigenvalue weighted by Crippen LogP contribution is 2.42. The molecule has 1 rings (SSSR count). The Morgan fingerprint density at radius 3 is 1.81 bits per heavy atom. The van der Waals surface area contributed by atoms with Crippen LogP contribution in [0.15, 0.2) is 0 Å². The largest absolute Gasteiger partial charge is 0.469 e. The zero-order valence-corrected chi connectivity index (χ0v) is 9.65. The fourth-order valence-electron chi connectivity index (χ4n) is 1.48. The summed E-state index contributed by atoms with van der Waals surface area (Å²) in [5, 5.41) is 36.1. The molecule has 0 spiro atoms. The smallest absolute Gasteiger partial charge is 0.389 e. The van der Waals surface area contributed by atoms with Gasteiger partial charge in [-0.15, -0.1) is 0 Å². The summed E-state index contributed by atoms with van der Waals surface area (Å²) in [7, 11) is -4.89. The van der Waals surface area contributed by atoms with E-state index in [1.807, 2.05) is 0 Å². The van der Waals surface area contributed by atoms with Gasteiger partial charge >= 0.3 is 7.82 Å². The van der Waals surface area contributed by atoms with Gasteiger partial charge in [-0.1, -0.05) is 0 Å². The van der Waals surface area contributed by atoms with Crippen LogP contribution in [0.4, 0.5) is 0 Å². The third kappa shape index (κ3) is 2.95. The molecule has 1 saturated carbocycles. The second kappa shape index (κ2) is 4.89. The average Bonchev–Trinajstić information content (AvgIpc) is 2.17. The minimum atomic E-state index is -4.89. The van der Waals surface area contributed by atoms with Gasteiger partial charge in [0.2, 0.25) is 0 Å². The molecular formula is C6H13O8PS. The maximum Gasteiger partial charge on any atom is 0.469 e. The maximum atomic E-state index is 10.6. The van der Waals surface area contributed by atoms with E-state index in [1.165, 1.54) is 0 Å². The van der Waals surface area contributed by atoms with Crippen LogP contribution in [0.1, 0.15) is 0 Å². The number of hydrogen-bond acceptors (Lipinski definition) is 7. The first-order valence-corrected chi connectivity index (χ1v) is 6.34. The normalized spacial score (nSPS) is 45.7. The lowest BCUT2D eigenvalue weighted by molar-refractivity contribution is -0.169. The first kappa shape index (κ1) is 14.4. The summed E-state index contributed by atoms with van der Waals surface area (Å²) >= 11 is 3.77. The monoisotopic (exact) mass is 276 g/mol. The molecule has 10 heteroatoms. The number of hydrogen-bond donors (Lipinski definition) is 7. The molecule has 8 nitrogen and oxygen atoms in total. The predicted molar refractivity (Wildman–Crippen MR) is 53.7 cm³/mol. The molecule has 0 aliphatic heterocycles. The van der Waals surface area contributed by atoms with Crippen LogP contribution in [0, 0.1) is 0 Å². The van der Waals surface area contributed by atoms with E-state index in [0.29, 0.717) is 0 Å². The molecule has 0 radical (unpaired) electrons. The molecule has 0 saturated heterocycles. The third-order valence-corrected chi connectivity index (χ3v) is 3.45. The van der Waals surface area contributed by atoms with E-state index in [2.05, 4.69) is 17.2 Å². The molecular weight excluding hydrogens is 263 g/mol. The maximum absolute atomic E-state index is 10.6. The van der Waals surface area contributed by atoms with Crippen LogP contribution in [-0.2, 0) is 9.09 Å². The van der Waals surface area contributed by atoms with Crippen molar-refractivity contribution in [2.45, 2.75) is 35.8 Å². The molecule has 0 amide bonds. The Balaban J connectivity index is 2.87. The number of phosphoric ester groups is 1. The minimum absolute atomic E-state index is 1.24. The van der Waals surface area contributed by atoms with Gasteiger partial charge in [0, 0.05) is 0 Å². The second-order valence-corrected chi connectivity index (χ2v) is 5.30. The fraction of sp³-hybridized carbons (Fsp3) is 1.00. The van der Waals surface area contributed by atoms with Gasteiger partial charge in [-0.3, -0.25) is 4.52 Å². The third-order valence-electron chi connectivity index (χ3n) is 2.33. The van der Waals surface area contributed by atoms with Gasteiger partial charge in [-0.2, -0.15) is 12.6 Å². The van der Waals surface area contributed by atoms with Gasteiger partial charge in [-0.05, 0) is 0 Å². The quantitative estimate of drug-likeness (QED) is 0.212. The summed E-state index contributed by atoms with van der Waals surface area (Å²) in [6.45, 7) is 0. The lowest BCUT2D eigenvalue weighted by Crippen LogP contribution is -2.62. The molecule has 0 unspecified atom stereocenters. The van der Waals surface area contributed by atoms with E-state index in [9.17, 15) is 25.0 Å². The van der Waals surface area contributed by atoms with Gasteiger partial charge in [0.25, 0.3) is 0 Å². The summed E-state index contributed by atoms with van der Waals surface area (Å²) in [5.41, 5.74) is 0. The topological polar surface area (TPSA) is 148 Å². The molecule has 0 heterocycles. The van der Waals surface area contributed by atoms with E-state index < -0.39 is 43.6 Å². The van der Waals surface area contributed by atoms with Crippen molar-refractivity contribution in [3.05, 3.63) is 0 Å². The summed E-state index contributed by atoms with van der Waals surface area (Å²) < 4.78 is 14.8. The van der Waals surface area contributed by atoms with Crippen molar-refractivity contribution in [1.82, 2.24) is 0 Å². The van der Waals surface area contributed by atoms with E-state index in [-0.39, 0.29) is 0 Å². The van der Waals surface area contributed by atoms with Crippen LogP contribution in [0.3, 0.4) is 0 Å². The van der Waals surface area contributed by atoms with E-state index in [1.54, 1.807) is 0 Å². The SMILES string of the molecule is O=P(O)(O)O[C@H]1[C@H](O)[C@@H](O)[C@H](O)[C@@H](O)[C@H]1S. The van der Waals surface area contributed by atoms with Crippen LogP contribution in [0.2, 0.25) is 0 Å². The number of rotatable bonds is 2. The molecule has 6 atom stereocenters. The summed E-state index contributed by atoms with van der Waals surface area (Å²) in [6.07, 6.45) is -8.34. The Bertz CT molecular complexity index is 278. The minimum Gasteiger partial charge on any atom is -0.389 e. The highest BCUT2D eigenvalue weighted by atomic mass is 32.1. The summed E-state index contributed by atoms with van der Waals surface area (Å²) in [6, 6.07) is 0. The van der Waals surface area contributed by atoms with Crippen molar-refractivity contribution >= 4 is 20.5 Å². The van der Waals surface area contributed by atoms with E-state index in [0.717, 1.165) is 0 Å². The van der Waals surface area contributed by atoms with Crippen LogP contribution in [-0.4, -0.2) is 66.0 Å². The zero-order chi connectivity index (χ0) is 12.7. The summed E-state index contributed by atoms with van der Waals surface area (Å²) in [5.74, 6) is 0. The van der Waals surface area contributed by atoms with E-state index in [4.69, 9.17) is 9.79 Å². The first-order chi connectivity index (χ1) is 7.15. The molecule has 16 heavy (non-hydrogen) atoms. The number of aliphatic hydroxyl groups excluding tert-OH is 4. The lowest BCUT2D eigenvalue weighted by atomic mass is 9.87. The van der Waals surface area contributed by atoms with E-state index >= 15 is 0 Å². The van der Waals surface area contributed by atoms with Crippen molar-refractivity contribution in [2.24, 2.45) is 0 Å². The Morgan fingerprint density at radius 2 is 1.38 bits per heavy atom. The van der Waals surface area contributed by atoms with Crippen molar-refractivity contribution < 1.29 is 39.3 Å². The van der Waals surface area contributed by atoms with Crippen LogP contribution in [0.5, 0.6) is 0 Å². The van der Waals surface area contributed by atoms with Crippen molar-refractivity contribution in [1.29, 1.82) is 0 Å². The van der Waals surface area contributed by atoms with Crippen LogP contribution < -0.4 is 0 Å². The fourth-order valence-corrected chi connectivity index (χ4v) is 2.56. The van der Waals surface area contributed by atoms with Crippen LogP contribution in [0.25, 0.3) is 0 Å². The Kier molecular flexibility index (Phi) is 4.39. The highest BCUT2D eigenvalue weighted by molar-refractivity contribution is 7.81. The predicted octanol–water partition coefficient (Wildman–Crippen LogP) is -2.78. The molecule has 1 fully saturated rings. The Labute approximate surface area is 96.1 Å². The molecule has 96 valence electrons. The van der Waals surface area contributed by atoms with Gasteiger partial charge in [0.05, 0.1) is 11.4 Å². The highest BCUT2D eigenvalue weighted by Gasteiger charge is 2.50. The number of thiol groups is 1. The van der Waals surface area contributed by atoms with Gasteiger partial charge < -0.3 is 30.2 Å². The first-order valence-electron chi connectivity index (χ1n) is 4.29. The molecule has 0 aromatic carbocycles. The van der Waals surface area contributed by atoms with Crippen molar-refractivity contribution in [3.63, 3.8) is 0 Å². The molecule has 0 aromatic heterocycles. The molecule has 1 aliphatic rings. The van der Waals surface area contributed by atoms with Gasteiger partial charge in [-0.25, -0.2) is 4.57 Å². The Morgan fingerprint density at radius 1 is 0.938 bits per heavy atom. The number of aliphatic hydroxyl groups is 4. The lowest BCUT2D eigenvalue weighted by Gasteiger charge is -2.41. The van der Waals surface area contributed by atoms with Gasteiger partial charge in [0.15, 0.2) is 0 Å². The standard InChI is InChI=1S/C6H13O8PS/c7-1-2(8)4(10)6(16)5(3(1)9)14-15(11,12)13/h1-10,16H,(H2,11,12,13)/t1-,2-,3+,4+,5-,6+/m0/s1. The number of phosphoric acid groups is 1. The van der Waals surface area contributed by atoms with Crippen molar-refractivity contribution in [3.8, 4) is 0 Å². The molecule has 6 N–H and O–H groups in total. The van der Waals surface area contributed by atoms with Gasteiger partial charge in [0.1, 0.15) is 24.4 Å². The summed E-state index contributed by atoms with van der Waals surface area (Å²) in [4.78, 5) is 17.1. The molecule has 0 aromatic rings. The second-order valence-electron chi connectivity index (χ2n) is 3.51. The zero-order valence-electron chi connectivity index (χ0n) is 7.86. The molecule has 1 aliphatic carbocycles. The molecule has 0 bridgehead atoms. The average molecular weight is 276 g/mol. The Hall–Kier alpha value is 0.300.